The Balaban J connectivity index is 2.17. The van der Waals surface area contributed by atoms with Crippen LogP contribution in [-0.2, 0) is 0 Å². The number of nitrogens with zero attached hydrogens (tertiary/aromatic N) is 2. The van der Waals surface area contributed by atoms with Crippen LogP contribution in [0.15, 0.2) is 0 Å². The Hall–Kier alpha value is -0.200. The van der Waals surface area contributed by atoms with Crippen molar-refractivity contribution in [3.63, 3.8) is 0 Å². The molecule has 1 atom stereocenters. The molecule has 0 amide bonds. The van der Waals surface area contributed by atoms with E-state index in [0.29, 0.717) is 26.3 Å². The third kappa shape index (κ3) is 2.72. The zero-order chi connectivity index (χ0) is 8.27. The van der Waals surface area contributed by atoms with Crippen molar-refractivity contribution in [3.8, 4) is 0 Å². The van der Waals surface area contributed by atoms with Crippen LogP contribution in [0.4, 0.5) is 0 Å². The van der Waals surface area contributed by atoms with E-state index < -0.39 is 6.10 Å². The molecule has 0 aromatic rings. The fraction of sp³-hybridized carbons (Fsp3) is 1.00. The molecule has 11 heavy (non-hydrogen) atoms. The van der Waals surface area contributed by atoms with E-state index in [4.69, 9.17) is 10.2 Å². The standard InChI is InChI=1S/C6H13N2O3/c9-4-6(10)3-7-1-2-8(11)5-7/h6,9-10H,1-5H2/q-1. The lowest BCUT2D eigenvalue weighted by molar-refractivity contribution is 0.0630. The van der Waals surface area contributed by atoms with Gasteiger partial charge in [-0.25, -0.2) is 0 Å². The minimum absolute atomic E-state index is 0.241. The first kappa shape index (κ1) is 8.89. The average Bonchev–Trinajstić information content (AvgIpc) is 2.35. The van der Waals surface area contributed by atoms with E-state index in [0.717, 1.165) is 5.06 Å². The van der Waals surface area contributed by atoms with E-state index in [1.54, 1.807) is 0 Å². The lowest BCUT2D eigenvalue weighted by Crippen LogP contribution is -2.33. The molecule has 0 radical (unpaired) electrons. The van der Waals surface area contributed by atoms with Crippen molar-refractivity contribution in [1.82, 2.24) is 9.96 Å². The highest BCUT2D eigenvalue weighted by atomic mass is 16.5. The summed E-state index contributed by atoms with van der Waals surface area (Å²) in [6.07, 6.45) is -0.721. The maximum atomic E-state index is 10.7. The number of aliphatic hydroxyl groups is 2. The Bertz CT molecular complexity index is 122. The van der Waals surface area contributed by atoms with Gasteiger partial charge in [-0.1, -0.05) is 0 Å². The van der Waals surface area contributed by atoms with Crippen LogP contribution in [-0.4, -0.2) is 59.2 Å². The highest BCUT2D eigenvalue weighted by Crippen LogP contribution is 2.02. The van der Waals surface area contributed by atoms with Gasteiger partial charge in [-0.05, 0) is 6.54 Å². The van der Waals surface area contributed by atoms with E-state index in [2.05, 4.69) is 0 Å². The molecule has 0 aromatic carbocycles. The summed E-state index contributed by atoms with van der Waals surface area (Å²) < 4.78 is 0. The van der Waals surface area contributed by atoms with Crippen LogP contribution in [0, 0.1) is 5.21 Å². The Kier molecular flexibility index (Phi) is 3.22. The van der Waals surface area contributed by atoms with Crippen molar-refractivity contribution in [2.24, 2.45) is 0 Å². The Morgan fingerprint density at radius 3 is 2.64 bits per heavy atom. The summed E-state index contributed by atoms with van der Waals surface area (Å²) in [6.45, 7) is 1.67. The van der Waals surface area contributed by atoms with Crippen LogP contribution < -0.4 is 0 Å². The fourth-order valence-corrected chi connectivity index (χ4v) is 1.12. The van der Waals surface area contributed by atoms with Crippen LogP contribution in [0.3, 0.4) is 0 Å². The number of hydroxylamine groups is 2. The van der Waals surface area contributed by atoms with Gasteiger partial charge in [-0.3, -0.25) is 4.90 Å². The summed E-state index contributed by atoms with van der Waals surface area (Å²) in [6, 6.07) is 0. The smallest absolute Gasteiger partial charge is 0.0897 e. The van der Waals surface area contributed by atoms with Crippen molar-refractivity contribution in [2.75, 3.05) is 32.9 Å². The summed E-state index contributed by atoms with van der Waals surface area (Å²) in [5.74, 6) is 0. The van der Waals surface area contributed by atoms with Gasteiger partial charge >= 0.3 is 0 Å². The predicted octanol–water partition coefficient (Wildman–Crippen LogP) is -1.59. The largest absolute Gasteiger partial charge is 0.784 e. The van der Waals surface area contributed by atoms with Crippen molar-refractivity contribution >= 4 is 0 Å². The van der Waals surface area contributed by atoms with Gasteiger partial charge < -0.3 is 20.5 Å². The van der Waals surface area contributed by atoms with E-state index in [1.807, 2.05) is 4.90 Å². The molecular formula is C6H13N2O3-. The van der Waals surface area contributed by atoms with Gasteiger partial charge in [-0.2, -0.15) is 0 Å². The SMILES string of the molecule is [O-]N1CCN(CC(O)CO)C1. The first-order chi connectivity index (χ1) is 5.22. The Morgan fingerprint density at radius 2 is 2.18 bits per heavy atom. The second-order valence-electron chi connectivity index (χ2n) is 2.76. The fourth-order valence-electron chi connectivity index (χ4n) is 1.12. The highest BCUT2D eigenvalue weighted by Gasteiger charge is 2.15. The quantitative estimate of drug-likeness (QED) is 0.522. The molecule has 1 unspecified atom stereocenters. The molecule has 5 nitrogen and oxygen atoms in total. The normalized spacial score (nSPS) is 24.3. The van der Waals surface area contributed by atoms with Gasteiger partial charge in [0.15, 0.2) is 0 Å². The number of aliphatic hydroxyl groups excluding tert-OH is 2. The van der Waals surface area contributed by atoms with Crippen LogP contribution in [0.1, 0.15) is 0 Å². The van der Waals surface area contributed by atoms with Gasteiger partial charge in [0.05, 0.1) is 12.7 Å². The van der Waals surface area contributed by atoms with E-state index in [1.165, 1.54) is 0 Å². The summed E-state index contributed by atoms with van der Waals surface area (Å²) in [4.78, 5) is 1.81. The second-order valence-corrected chi connectivity index (χ2v) is 2.76. The monoisotopic (exact) mass is 161 g/mol. The van der Waals surface area contributed by atoms with Gasteiger partial charge in [0.25, 0.3) is 0 Å². The molecule has 0 bridgehead atoms. The molecule has 1 aliphatic rings. The molecule has 1 fully saturated rings. The zero-order valence-electron chi connectivity index (χ0n) is 6.31. The molecule has 1 saturated heterocycles. The van der Waals surface area contributed by atoms with Gasteiger partial charge in [-0.15, -0.1) is 0 Å². The molecule has 5 heteroatoms. The average molecular weight is 161 g/mol. The van der Waals surface area contributed by atoms with Crippen molar-refractivity contribution in [2.45, 2.75) is 6.10 Å². The molecule has 66 valence electrons. The molecule has 0 saturated carbocycles. The molecular weight excluding hydrogens is 148 g/mol. The third-order valence-electron chi connectivity index (χ3n) is 1.70. The minimum Gasteiger partial charge on any atom is -0.784 e. The lowest BCUT2D eigenvalue weighted by atomic mass is 10.3. The van der Waals surface area contributed by atoms with Gasteiger partial charge in [0, 0.05) is 19.8 Å². The third-order valence-corrected chi connectivity index (χ3v) is 1.70. The number of β-amino-alcohol motifs (C(OH)–C–C–N with tert-alkyl or cyclic N) is 1. The number of hydrogen-bond donors (Lipinski definition) is 2. The highest BCUT2D eigenvalue weighted by molar-refractivity contribution is 4.73. The van der Waals surface area contributed by atoms with Crippen LogP contribution in [0.25, 0.3) is 0 Å². The van der Waals surface area contributed by atoms with Crippen molar-refractivity contribution in [1.29, 1.82) is 0 Å². The summed E-state index contributed by atoms with van der Waals surface area (Å²) in [7, 11) is 0. The van der Waals surface area contributed by atoms with Gasteiger partial charge in [0.2, 0.25) is 0 Å². The number of hydrogen-bond acceptors (Lipinski definition) is 5. The molecule has 1 heterocycles. The Labute approximate surface area is 65.4 Å². The molecule has 1 rings (SSSR count). The molecule has 0 aromatic heterocycles. The van der Waals surface area contributed by atoms with Crippen LogP contribution in [0.5, 0.6) is 0 Å². The van der Waals surface area contributed by atoms with E-state index in [9.17, 15) is 5.21 Å². The van der Waals surface area contributed by atoms with Gasteiger partial charge in [0.1, 0.15) is 0 Å². The molecule has 1 aliphatic heterocycles. The minimum atomic E-state index is -0.721. The molecule has 0 spiro atoms. The van der Waals surface area contributed by atoms with Crippen molar-refractivity contribution in [3.05, 3.63) is 5.21 Å². The van der Waals surface area contributed by atoms with Crippen LogP contribution >= 0.6 is 0 Å². The maximum Gasteiger partial charge on any atom is 0.0897 e. The predicted molar refractivity (Wildman–Crippen MR) is 39.6 cm³/mol. The zero-order valence-corrected chi connectivity index (χ0v) is 6.31. The summed E-state index contributed by atoms with van der Waals surface area (Å²) in [5, 5.41) is 29.1. The number of rotatable bonds is 3. The van der Waals surface area contributed by atoms with E-state index in [-0.39, 0.29) is 6.61 Å². The van der Waals surface area contributed by atoms with Crippen molar-refractivity contribution < 1.29 is 10.2 Å². The molecule has 2 N–H and O–H groups in total. The first-order valence-electron chi connectivity index (χ1n) is 3.65. The lowest BCUT2D eigenvalue weighted by Gasteiger charge is -2.22. The second kappa shape index (κ2) is 3.99. The molecule has 0 aliphatic carbocycles. The maximum absolute atomic E-state index is 10.7. The summed E-state index contributed by atoms with van der Waals surface area (Å²) >= 11 is 0. The summed E-state index contributed by atoms with van der Waals surface area (Å²) in [5.41, 5.74) is 0. The van der Waals surface area contributed by atoms with Crippen LogP contribution in [0.2, 0.25) is 0 Å². The Morgan fingerprint density at radius 1 is 1.45 bits per heavy atom. The topological polar surface area (TPSA) is 70.0 Å². The first-order valence-corrected chi connectivity index (χ1v) is 3.65. The van der Waals surface area contributed by atoms with E-state index >= 15 is 0 Å².